The Morgan fingerprint density at radius 3 is 2.47 bits per heavy atom. The molecule has 0 aliphatic heterocycles. The molecule has 4 nitrogen and oxygen atoms in total. The molecule has 2 rings (SSSR count). The van der Waals surface area contributed by atoms with Crippen molar-refractivity contribution >= 4 is 5.96 Å². The van der Waals surface area contributed by atoms with Crippen LogP contribution in [0.2, 0.25) is 0 Å². The molecule has 0 atom stereocenters. The summed E-state index contributed by atoms with van der Waals surface area (Å²) < 4.78 is 0. The number of rotatable bonds is 3. The highest BCUT2D eigenvalue weighted by molar-refractivity contribution is 5.78. The summed E-state index contributed by atoms with van der Waals surface area (Å²) in [6, 6.07) is 0.491. The van der Waals surface area contributed by atoms with E-state index >= 15 is 0 Å². The van der Waals surface area contributed by atoms with Gasteiger partial charge in [-0.05, 0) is 25.7 Å². The Morgan fingerprint density at radius 1 is 1.18 bits per heavy atom. The first-order valence-electron chi connectivity index (χ1n) is 6.97. The Labute approximate surface area is 104 Å². The van der Waals surface area contributed by atoms with E-state index in [1.807, 2.05) is 0 Å². The summed E-state index contributed by atoms with van der Waals surface area (Å²) in [5.74, 6) is 0.511. The summed E-state index contributed by atoms with van der Waals surface area (Å²) in [5.41, 5.74) is 5.28. The van der Waals surface area contributed by atoms with Crippen LogP contribution in [0.4, 0.5) is 0 Å². The van der Waals surface area contributed by atoms with E-state index in [9.17, 15) is 5.11 Å². The smallest absolute Gasteiger partial charge is 0.188 e. The van der Waals surface area contributed by atoms with Gasteiger partial charge in [0, 0.05) is 6.04 Å². The first-order valence-corrected chi connectivity index (χ1v) is 6.97. The quantitative estimate of drug-likeness (QED) is 0.516. The lowest BCUT2D eigenvalue weighted by Crippen LogP contribution is -2.42. The van der Waals surface area contributed by atoms with Crippen molar-refractivity contribution < 1.29 is 5.11 Å². The first kappa shape index (κ1) is 12.7. The number of hydrogen-bond acceptors (Lipinski definition) is 2. The normalized spacial score (nSPS) is 26.1. The van der Waals surface area contributed by atoms with Crippen molar-refractivity contribution in [1.29, 1.82) is 0 Å². The van der Waals surface area contributed by atoms with E-state index in [0.29, 0.717) is 18.5 Å². The average Bonchev–Trinajstić information content (AvgIpc) is 2.76. The first-order chi connectivity index (χ1) is 8.18. The Hall–Kier alpha value is -0.770. The van der Waals surface area contributed by atoms with Gasteiger partial charge in [-0.25, -0.2) is 0 Å². The van der Waals surface area contributed by atoms with E-state index in [1.165, 1.54) is 32.1 Å². The van der Waals surface area contributed by atoms with Gasteiger partial charge < -0.3 is 16.2 Å². The Balaban J connectivity index is 1.76. The van der Waals surface area contributed by atoms with Crippen molar-refractivity contribution in [2.75, 3.05) is 6.54 Å². The molecule has 0 spiro atoms. The summed E-state index contributed by atoms with van der Waals surface area (Å²) in [4.78, 5) is 4.31. The number of nitrogens with zero attached hydrogens (tertiary/aromatic N) is 1. The highest BCUT2D eigenvalue weighted by Gasteiger charge is 2.30. The van der Waals surface area contributed by atoms with Crippen LogP contribution in [-0.2, 0) is 0 Å². The van der Waals surface area contributed by atoms with Gasteiger partial charge in [0.1, 0.15) is 0 Å². The Kier molecular flexibility index (Phi) is 4.26. The third-order valence-electron chi connectivity index (χ3n) is 4.04. The van der Waals surface area contributed by atoms with Gasteiger partial charge in [0.05, 0.1) is 12.1 Å². The van der Waals surface area contributed by atoms with Crippen molar-refractivity contribution in [1.82, 2.24) is 5.32 Å². The van der Waals surface area contributed by atoms with Crippen LogP contribution in [0.1, 0.15) is 57.8 Å². The van der Waals surface area contributed by atoms with Gasteiger partial charge in [-0.2, -0.15) is 0 Å². The van der Waals surface area contributed by atoms with Gasteiger partial charge in [0.2, 0.25) is 0 Å². The molecule has 4 heteroatoms. The molecule has 0 heterocycles. The molecule has 2 fully saturated rings. The second-order valence-electron chi connectivity index (χ2n) is 5.61. The molecule has 17 heavy (non-hydrogen) atoms. The van der Waals surface area contributed by atoms with Gasteiger partial charge in [-0.3, -0.25) is 4.99 Å². The summed E-state index contributed by atoms with van der Waals surface area (Å²) >= 11 is 0. The monoisotopic (exact) mass is 239 g/mol. The van der Waals surface area contributed by atoms with Crippen LogP contribution in [0.3, 0.4) is 0 Å². The molecule has 98 valence electrons. The molecule has 4 N–H and O–H groups in total. The third-order valence-corrected chi connectivity index (χ3v) is 4.04. The molecule has 0 radical (unpaired) electrons. The van der Waals surface area contributed by atoms with Crippen molar-refractivity contribution in [3.05, 3.63) is 0 Å². The van der Waals surface area contributed by atoms with Crippen molar-refractivity contribution in [3.8, 4) is 0 Å². The van der Waals surface area contributed by atoms with Crippen LogP contribution in [-0.4, -0.2) is 29.3 Å². The fourth-order valence-corrected chi connectivity index (χ4v) is 2.93. The lowest BCUT2D eigenvalue weighted by atomic mass is 9.96. The average molecular weight is 239 g/mol. The number of nitrogens with two attached hydrogens (primary N) is 1. The molecule has 0 bridgehead atoms. The molecule has 2 saturated carbocycles. The van der Waals surface area contributed by atoms with Crippen LogP contribution in [0.15, 0.2) is 4.99 Å². The molecule has 0 aromatic heterocycles. The van der Waals surface area contributed by atoms with E-state index < -0.39 is 5.60 Å². The fourth-order valence-electron chi connectivity index (χ4n) is 2.93. The largest absolute Gasteiger partial charge is 0.388 e. The van der Waals surface area contributed by atoms with Crippen LogP contribution in [0.5, 0.6) is 0 Å². The van der Waals surface area contributed by atoms with Gasteiger partial charge in [-0.1, -0.05) is 32.1 Å². The van der Waals surface area contributed by atoms with E-state index in [2.05, 4.69) is 10.3 Å². The zero-order valence-corrected chi connectivity index (χ0v) is 10.6. The number of nitrogens with one attached hydrogen (secondary N) is 1. The lowest BCUT2D eigenvalue weighted by molar-refractivity contribution is 0.0574. The number of hydrogen-bond donors (Lipinski definition) is 3. The van der Waals surface area contributed by atoms with Crippen molar-refractivity contribution in [2.24, 2.45) is 10.7 Å². The van der Waals surface area contributed by atoms with Gasteiger partial charge in [-0.15, -0.1) is 0 Å². The second kappa shape index (κ2) is 5.71. The summed E-state index contributed by atoms with van der Waals surface area (Å²) in [6.45, 7) is 0.457. The maximum Gasteiger partial charge on any atom is 0.188 e. The zero-order chi connectivity index (χ0) is 12.1. The predicted molar refractivity (Wildman–Crippen MR) is 69.9 cm³/mol. The molecule has 2 aliphatic carbocycles. The fraction of sp³-hybridized carbons (Fsp3) is 0.923. The van der Waals surface area contributed by atoms with Crippen molar-refractivity contribution in [3.63, 3.8) is 0 Å². The summed E-state index contributed by atoms with van der Waals surface area (Å²) in [6.07, 6.45) is 10.3. The van der Waals surface area contributed by atoms with Crippen molar-refractivity contribution in [2.45, 2.75) is 69.4 Å². The predicted octanol–water partition coefficient (Wildman–Crippen LogP) is 1.53. The van der Waals surface area contributed by atoms with Gasteiger partial charge in [0.15, 0.2) is 5.96 Å². The molecule has 0 amide bonds. The molecule has 2 aliphatic rings. The molecular formula is C13H25N3O. The number of aliphatic imine (C=N–C) groups is 1. The van der Waals surface area contributed by atoms with Crippen LogP contribution in [0.25, 0.3) is 0 Å². The van der Waals surface area contributed by atoms with Crippen LogP contribution in [0, 0.1) is 0 Å². The van der Waals surface area contributed by atoms with E-state index in [-0.39, 0.29) is 0 Å². The van der Waals surface area contributed by atoms with Gasteiger partial charge in [0.25, 0.3) is 0 Å². The van der Waals surface area contributed by atoms with E-state index in [1.54, 1.807) is 0 Å². The van der Waals surface area contributed by atoms with E-state index in [4.69, 9.17) is 5.73 Å². The SMILES string of the molecule is NC(=NCC1(O)CCCC1)NC1CCCCC1. The van der Waals surface area contributed by atoms with Gasteiger partial charge >= 0.3 is 0 Å². The molecule has 0 aromatic rings. The maximum absolute atomic E-state index is 10.2. The Bertz CT molecular complexity index is 266. The minimum Gasteiger partial charge on any atom is -0.388 e. The standard InChI is InChI=1S/C13H25N3O/c14-12(16-11-6-2-1-3-7-11)15-10-13(17)8-4-5-9-13/h11,17H,1-10H2,(H3,14,15,16). The highest BCUT2D eigenvalue weighted by Crippen LogP contribution is 2.29. The summed E-state index contributed by atoms with van der Waals surface area (Å²) in [7, 11) is 0. The topological polar surface area (TPSA) is 70.6 Å². The maximum atomic E-state index is 10.2. The molecular weight excluding hydrogens is 214 g/mol. The van der Waals surface area contributed by atoms with Crippen LogP contribution < -0.4 is 11.1 Å². The third kappa shape index (κ3) is 3.87. The van der Waals surface area contributed by atoms with Crippen LogP contribution >= 0.6 is 0 Å². The second-order valence-corrected chi connectivity index (χ2v) is 5.61. The molecule has 0 saturated heterocycles. The molecule has 0 unspecified atom stereocenters. The number of guanidine groups is 1. The van der Waals surface area contributed by atoms with E-state index in [0.717, 1.165) is 25.7 Å². The lowest BCUT2D eigenvalue weighted by Gasteiger charge is -2.24. The zero-order valence-electron chi connectivity index (χ0n) is 10.6. The summed E-state index contributed by atoms with van der Waals surface area (Å²) in [5, 5.41) is 13.4. The number of aliphatic hydroxyl groups is 1. The Morgan fingerprint density at radius 2 is 1.82 bits per heavy atom. The molecule has 0 aromatic carbocycles. The minimum atomic E-state index is -0.584. The highest BCUT2D eigenvalue weighted by atomic mass is 16.3. The minimum absolute atomic E-state index is 0.457.